The van der Waals surface area contributed by atoms with Gasteiger partial charge in [0.25, 0.3) is 0 Å². The molecule has 1 aromatic carbocycles. The molecule has 0 radical (unpaired) electrons. The number of ether oxygens (including phenoxy) is 1. The van der Waals surface area contributed by atoms with Crippen LogP contribution in [0.5, 0.6) is 0 Å². The number of nitrogens with zero attached hydrogens (tertiary/aromatic N) is 1. The number of anilines is 1. The largest absolute Gasteiger partial charge is 0.383 e. The fourth-order valence-electron chi connectivity index (χ4n) is 2.73. The van der Waals surface area contributed by atoms with Gasteiger partial charge in [0, 0.05) is 25.8 Å². The van der Waals surface area contributed by atoms with Crippen molar-refractivity contribution in [2.75, 3.05) is 25.6 Å². The molecule has 1 fully saturated rings. The fraction of sp³-hybridized carbons (Fsp3) is 0.529. The lowest BCUT2D eigenvalue weighted by atomic mass is 10.1. The topological polar surface area (TPSA) is 58.6 Å². The summed E-state index contributed by atoms with van der Waals surface area (Å²) in [4.78, 5) is 26.1. The Labute approximate surface area is 131 Å². The first-order valence-corrected chi connectivity index (χ1v) is 7.73. The summed E-state index contributed by atoms with van der Waals surface area (Å²) in [6, 6.07) is 7.81. The lowest BCUT2D eigenvalue weighted by Crippen LogP contribution is -2.38. The minimum atomic E-state index is -0.294. The van der Waals surface area contributed by atoms with Gasteiger partial charge in [0.2, 0.25) is 11.8 Å². The zero-order valence-electron chi connectivity index (χ0n) is 13.5. The van der Waals surface area contributed by atoms with Crippen LogP contribution in [0.2, 0.25) is 0 Å². The Morgan fingerprint density at radius 1 is 1.41 bits per heavy atom. The maximum absolute atomic E-state index is 12.3. The fourth-order valence-corrected chi connectivity index (χ4v) is 2.73. The van der Waals surface area contributed by atoms with Crippen molar-refractivity contribution in [1.82, 2.24) is 4.90 Å². The van der Waals surface area contributed by atoms with Gasteiger partial charge in [0.15, 0.2) is 0 Å². The van der Waals surface area contributed by atoms with Crippen LogP contribution in [0, 0.1) is 5.92 Å². The summed E-state index contributed by atoms with van der Waals surface area (Å²) in [6.45, 7) is 4.97. The maximum atomic E-state index is 12.3. The van der Waals surface area contributed by atoms with Gasteiger partial charge >= 0.3 is 0 Å². The van der Waals surface area contributed by atoms with Crippen LogP contribution in [-0.4, -0.2) is 43.0 Å². The van der Waals surface area contributed by atoms with E-state index in [0.29, 0.717) is 13.2 Å². The molecule has 0 unspecified atom stereocenters. The van der Waals surface area contributed by atoms with Crippen LogP contribution in [0.15, 0.2) is 24.3 Å². The smallest absolute Gasteiger partial charge is 0.229 e. The molecule has 1 heterocycles. The number of amides is 2. The molecular formula is C17H24N2O3. The average Bonchev–Trinajstić information content (AvgIpc) is 2.90. The molecule has 2 atom stereocenters. The second-order valence-corrected chi connectivity index (χ2v) is 5.79. The Morgan fingerprint density at radius 3 is 2.68 bits per heavy atom. The molecule has 1 saturated heterocycles. The van der Waals surface area contributed by atoms with Crippen molar-refractivity contribution in [1.29, 1.82) is 0 Å². The van der Waals surface area contributed by atoms with Crippen LogP contribution in [0.4, 0.5) is 5.69 Å². The summed E-state index contributed by atoms with van der Waals surface area (Å²) in [5.74, 6) is -0.367. The molecule has 0 spiro atoms. The van der Waals surface area contributed by atoms with E-state index in [4.69, 9.17) is 4.74 Å². The van der Waals surface area contributed by atoms with E-state index in [1.165, 1.54) is 5.56 Å². The second-order valence-electron chi connectivity index (χ2n) is 5.79. The Hall–Kier alpha value is -1.88. The van der Waals surface area contributed by atoms with Crippen molar-refractivity contribution in [3.05, 3.63) is 29.8 Å². The third kappa shape index (κ3) is 3.85. The van der Waals surface area contributed by atoms with Crippen LogP contribution in [0.1, 0.15) is 25.8 Å². The molecule has 1 N–H and O–H groups in total. The predicted octanol–water partition coefficient (Wildman–Crippen LogP) is 2.07. The Morgan fingerprint density at radius 2 is 2.09 bits per heavy atom. The number of hydrogen-bond donors (Lipinski definition) is 1. The highest BCUT2D eigenvalue weighted by Gasteiger charge is 2.36. The third-order valence-electron chi connectivity index (χ3n) is 4.10. The highest BCUT2D eigenvalue weighted by Crippen LogP contribution is 2.22. The van der Waals surface area contributed by atoms with E-state index in [9.17, 15) is 9.59 Å². The molecule has 120 valence electrons. The van der Waals surface area contributed by atoms with E-state index in [1.807, 2.05) is 31.2 Å². The number of methoxy groups -OCH3 is 1. The summed E-state index contributed by atoms with van der Waals surface area (Å²) in [5.41, 5.74) is 2.01. The van der Waals surface area contributed by atoms with E-state index in [2.05, 4.69) is 12.2 Å². The van der Waals surface area contributed by atoms with Crippen molar-refractivity contribution < 1.29 is 14.3 Å². The molecule has 0 bridgehead atoms. The first kappa shape index (κ1) is 16.5. The van der Waals surface area contributed by atoms with Crippen molar-refractivity contribution >= 4 is 17.5 Å². The monoisotopic (exact) mass is 304 g/mol. The van der Waals surface area contributed by atoms with Crippen LogP contribution in [-0.2, 0) is 20.7 Å². The van der Waals surface area contributed by atoms with Gasteiger partial charge in [0.1, 0.15) is 0 Å². The number of carbonyl (C=O) groups excluding carboxylic acids is 2. The summed E-state index contributed by atoms with van der Waals surface area (Å²) in [5, 5.41) is 2.90. The SMILES string of the molecule is CCc1ccc(NC(=O)[C@H]2CC(=O)N([C@H](C)COC)C2)cc1. The van der Waals surface area contributed by atoms with Gasteiger partial charge in [-0.3, -0.25) is 9.59 Å². The van der Waals surface area contributed by atoms with Gasteiger partial charge in [-0.2, -0.15) is 0 Å². The number of aryl methyl sites for hydroxylation is 1. The van der Waals surface area contributed by atoms with E-state index < -0.39 is 0 Å². The lowest BCUT2D eigenvalue weighted by Gasteiger charge is -2.23. The van der Waals surface area contributed by atoms with E-state index >= 15 is 0 Å². The maximum Gasteiger partial charge on any atom is 0.229 e. The van der Waals surface area contributed by atoms with Crippen molar-refractivity contribution in [3.63, 3.8) is 0 Å². The first-order chi connectivity index (χ1) is 10.5. The van der Waals surface area contributed by atoms with E-state index in [0.717, 1.165) is 12.1 Å². The molecular weight excluding hydrogens is 280 g/mol. The third-order valence-corrected chi connectivity index (χ3v) is 4.10. The molecule has 1 aliphatic rings. The highest BCUT2D eigenvalue weighted by molar-refractivity contribution is 5.97. The van der Waals surface area contributed by atoms with Crippen molar-refractivity contribution in [2.24, 2.45) is 5.92 Å². The Bertz CT molecular complexity index is 527. The summed E-state index contributed by atoms with van der Waals surface area (Å²) >= 11 is 0. The summed E-state index contributed by atoms with van der Waals surface area (Å²) < 4.78 is 5.08. The van der Waals surface area contributed by atoms with Crippen molar-refractivity contribution in [2.45, 2.75) is 32.7 Å². The van der Waals surface area contributed by atoms with Gasteiger partial charge in [-0.25, -0.2) is 0 Å². The zero-order valence-corrected chi connectivity index (χ0v) is 13.5. The molecule has 5 nitrogen and oxygen atoms in total. The molecule has 22 heavy (non-hydrogen) atoms. The Kier molecular flexibility index (Phi) is 5.55. The minimum absolute atomic E-state index is 0.000798. The number of benzene rings is 1. The number of rotatable bonds is 6. The van der Waals surface area contributed by atoms with Gasteiger partial charge in [0.05, 0.1) is 18.6 Å². The predicted molar refractivity (Wildman–Crippen MR) is 85.6 cm³/mol. The molecule has 0 aromatic heterocycles. The van der Waals surface area contributed by atoms with Gasteiger partial charge < -0.3 is 15.0 Å². The summed E-state index contributed by atoms with van der Waals surface area (Å²) in [6.07, 6.45) is 1.24. The highest BCUT2D eigenvalue weighted by atomic mass is 16.5. The molecule has 0 aliphatic carbocycles. The molecule has 1 aliphatic heterocycles. The second kappa shape index (κ2) is 7.40. The molecule has 0 saturated carbocycles. The lowest BCUT2D eigenvalue weighted by molar-refractivity contribution is -0.130. The zero-order chi connectivity index (χ0) is 16.1. The van der Waals surface area contributed by atoms with Crippen LogP contribution in [0.25, 0.3) is 0 Å². The van der Waals surface area contributed by atoms with E-state index in [1.54, 1.807) is 12.0 Å². The van der Waals surface area contributed by atoms with Crippen LogP contribution < -0.4 is 5.32 Å². The van der Waals surface area contributed by atoms with E-state index in [-0.39, 0.29) is 30.2 Å². The molecule has 2 amide bonds. The average molecular weight is 304 g/mol. The number of hydrogen-bond acceptors (Lipinski definition) is 3. The number of nitrogens with one attached hydrogen (secondary N) is 1. The minimum Gasteiger partial charge on any atom is -0.383 e. The summed E-state index contributed by atoms with van der Waals surface area (Å²) in [7, 11) is 1.61. The molecule has 5 heteroatoms. The van der Waals surface area contributed by atoms with Crippen molar-refractivity contribution in [3.8, 4) is 0 Å². The quantitative estimate of drug-likeness (QED) is 0.875. The van der Waals surface area contributed by atoms with Gasteiger partial charge in [-0.15, -0.1) is 0 Å². The first-order valence-electron chi connectivity index (χ1n) is 7.73. The standard InChI is InChI=1S/C17H24N2O3/c1-4-13-5-7-15(8-6-13)18-17(21)14-9-16(20)19(10-14)12(2)11-22-3/h5-8,12,14H,4,9-11H2,1-3H3,(H,18,21)/t12-,14+/m1/s1. The normalized spacial score (nSPS) is 19.3. The van der Waals surface area contributed by atoms with Gasteiger partial charge in [-0.05, 0) is 31.0 Å². The van der Waals surface area contributed by atoms with Crippen LogP contribution in [0.3, 0.4) is 0 Å². The van der Waals surface area contributed by atoms with Gasteiger partial charge in [-0.1, -0.05) is 19.1 Å². The van der Waals surface area contributed by atoms with Crippen LogP contribution >= 0.6 is 0 Å². The number of likely N-dealkylation sites (tertiary alicyclic amines) is 1. The number of carbonyl (C=O) groups is 2. The molecule has 2 rings (SSSR count). The Balaban J connectivity index is 1.94. The molecule has 1 aromatic rings.